The van der Waals surface area contributed by atoms with E-state index >= 15 is 0 Å². The molecule has 0 bridgehead atoms. The lowest BCUT2D eigenvalue weighted by Crippen LogP contribution is -2.42. The molecule has 28 heavy (non-hydrogen) atoms. The van der Waals surface area contributed by atoms with Crippen LogP contribution in [0.1, 0.15) is 52.0 Å². The fourth-order valence-electron chi connectivity index (χ4n) is 4.34. The second-order valence-electron chi connectivity index (χ2n) is 8.66. The van der Waals surface area contributed by atoms with Gasteiger partial charge in [0.05, 0.1) is 19.6 Å². The zero-order chi connectivity index (χ0) is 20.5. The second kappa shape index (κ2) is 7.78. The first-order valence-electron chi connectivity index (χ1n) is 10.1. The minimum Gasteiger partial charge on any atom is -0.493 e. The van der Waals surface area contributed by atoms with Gasteiger partial charge in [0.2, 0.25) is 0 Å². The van der Waals surface area contributed by atoms with E-state index in [1.54, 1.807) is 14.2 Å². The van der Waals surface area contributed by atoms with Crippen LogP contribution in [0.5, 0.6) is 11.5 Å². The van der Waals surface area contributed by atoms with Crippen LogP contribution in [0.3, 0.4) is 0 Å². The number of fused-ring (bicyclic) bond motifs is 1. The average Bonchev–Trinajstić information content (AvgIpc) is 3.04. The van der Waals surface area contributed by atoms with Gasteiger partial charge in [0.25, 0.3) is 0 Å². The van der Waals surface area contributed by atoms with Crippen LogP contribution >= 0.6 is 0 Å². The highest BCUT2D eigenvalue weighted by Crippen LogP contribution is 2.49. The van der Waals surface area contributed by atoms with Gasteiger partial charge >= 0.3 is 5.97 Å². The molecule has 1 aromatic carbocycles. The number of allylic oxidation sites excluding steroid dienone is 1. The number of ether oxygens (including phenoxy) is 3. The van der Waals surface area contributed by atoms with Crippen molar-refractivity contribution in [3.05, 3.63) is 35.6 Å². The average molecular weight is 388 g/mol. The first-order valence-corrected chi connectivity index (χ1v) is 10.1. The summed E-state index contributed by atoms with van der Waals surface area (Å²) in [5.74, 6) is 2.17. The summed E-state index contributed by atoms with van der Waals surface area (Å²) in [4.78, 5) is 14.9. The van der Waals surface area contributed by atoms with E-state index in [9.17, 15) is 4.79 Å². The van der Waals surface area contributed by atoms with Crippen molar-refractivity contribution < 1.29 is 19.0 Å². The molecule has 1 heterocycles. The van der Waals surface area contributed by atoms with E-state index in [0.29, 0.717) is 0 Å². The van der Waals surface area contributed by atoms with Crippen molar-refractivity contribution in [2.24, 2.45) is 5.41 Å². The first-order chi connectivity index (χ1) is 13.3. The van der Waals surface area contributed by atoms with Crippen LogP contribution in [0, 0.1) is 5.41 Å². The normalized spacial score (nSPS) is 25.1. The monoisotopic (exact) mass is 387 g/mol. The highest BCUT2D eigenvalue weighted by molar-refractivity contribution is 5.76. The van der Waals surface area contributed by atoms with Crippen molar-refractivity contribution in [1.29, 1.82) is 0 Å². The number of hydrogen-bond donors (Lipinski definition) is 0. The number of benzene rings is 1. The van der Waals surface area contributed by atoms with Gasteiger partial charge in [0.1, 0.15) is 5.76 Å². The Morgan fingerprint density at radius 3 is 2.57 bits per heavy atom. The lowest BCUT2D eigenvalue weighted by atomic mass is 9.68. The number of carbonyl (C=O) groups excluding carboxylic acids is 1. The van der Waals surface area contributed by atoms with Crippen LogP contribution in [0.15, 0.2) is 30.0 Å². The van der Waals surface area contributed by atoms with Gasteiger partial charge in [-0.25, -0.2) is 0 Å². The molecule has 0 radical (unpaired) electrons. The molecule has 5 heteroatoms. The Bertz CT molecular complexity index is 770. The van der Waals surface area contributed by atoms with E-state index in [1.165, 1.54) is 5.56 Å². The third-order valence-corrected chi connectivity index (χ3v) is 6.73. The van der Waals surface area contributed by atoms with Crippen molar-refractivity contribution in [3.8, 4) is 11.5 Å². The number of methoxy groups -OCH3 is 2. The molecule has 1 aliphatic heterocycles. The SMILES string of the molecule is CCC(C)(C)C(=O)OC1=CC2N(C)CCC2(c2ccc(OC)c(OC)c2)CC1. The summed E-state index contributed by atoms with van der Waals surface area (Å²) >= 11 is 0. The predicted octanol–water partition coefficient (Wildman–Crippen LogP) is 4.30. The maximum absolute atomic E-state index is 12.5. The molecule has 1 saturated heterocycles. The molecule has 1 aliphatic carbocycles. The van der Waals surface area contributed by atoms with Crippen molar-refractivity contribution in [2.45, 2.75) is 57.9 Å². The van der Waals surface area contributed by atoms with Gasteiger partial charge in [-0.2, -0.15) is 0 Å². The summed E-state index contributed by atoms with van der Waals surface area (Å²) in [6.07, 6.45) is 5.71. The second-order valence-corrected chi connectivity index (χ2v) is 8.66. The zero-order valence-electron chi connectivity index (χ0n) is 18.0. The number of hydrogen-bond acceptors (Lipinski definition) is 5. The van der Waals surface area contributed by atoms with E-state index in [2.05, 4.69) is 30.2 Å². The topological polar surface area (TPSA) is 48.0 Å². The smallest absolute Gasteiger partial charge is 0.316 e. The standard InChI is InChI=1S/C23H33NO4/c1-7-22(2,3)21(25)28-17-10-11-23(12-13-24(4)20(23)15-17)16-8-9-18(26-5)19(14-16)27-6/h8-9,14-15,20H,7,10-13H2,1-6H3. The summed E-state index contributed by atoms with van der Waals surface area (Å²) in [6, 6.07) is 6.45. The Morgan fingerprint density at radius 2 is 1.93 bits per heavy atom. The number of esters is 1. The van der Waals surface area contributed by atoms with Crippen molar-refractivity contribution in [3.63, 3.8) is 0 Å². The molecule has 2 unspecified atom stereocenters. The van der Waals surface area contributed by atoms with Gasteiger partial charge in [-0.05, 0) is 70.5 Å². The fourth-order valence-corrected chi connectivity index (χ4v) is 4.34. The molecule has 1 fully saturated rings. The maximum atomic E-state index is 12.5. The van der Waals surface area contributed by atoms with Crippen LogP contribution in [0.2, 0.25) is 0 Å². The highest BCUT2D eigenvalue weighted by Gasteiger charge is 2.49. The van der Waals surface area contributed by atoms with Crippen LogP contribution in [-0.4, -0.2) is 44.7 Å². The molecule has 3 rings (SSSR count). The Morgan fingerprint density at radius 1 is 1.21 bits per heavy atom. The van der Waals surface area contributed by atoms with E-state index in [1.807, 2.05) is 26.8 Å². The highest BCUT2D eigenvalue weighted by atomic mass is 16.5. The van der Waals surface area contributed by atoms with Crippen LogP contribution < -0.4 is 9.47 Å². The lowest BCUT2D eigenvalue weighted by molar-refractivity contribution is -0.150. The van der Waals surface area contributed by atoms with E-state index in [-0.39, 0.29) is 17.4 Å². The van der Waals surface area contributed by atoms with Gasteiger partial charge < -0.3 is 14.2 Å². The van der Waals surface area contributed by atoms with Crippen molar-refractivity contribution in [2.75, 3.05) is 27.8 Å². The third-order valence-electron chi connectivity index (χ3n) is 6.73. The molecule has 2 aliphatic rings. The number of carbonyl (C=O) groups is 1. The predicted molar refractivity (Wildman–Crippen MR) is 110 cm³/mol. The summed E-state index contributed by atoms with van der Waals surface area (Å²) in [6.45, 7) is 6.91. The zero-order valence-corrected chi connectivity index (χ0v) is 18.0. The van der Waals surface area contributed by atoms with E-state index < -0.39 is 5.41 Å². The Kier molecular flexibility index (Phi) is 5.76. The summed E-state index contributed by atoms with van der Waals surface area (Å²) < 4.78 is 16.8. The third kappa shape index (κ3) is 3.52. The van der Waals surface area contributed by atoms with Crippen LogP contribution in [-0.2, 0) is 14.9 Å². The first kappa shape index (κ1) is 20.7. The molecule has 1 aromatic rings. The molecular weight excluding hydrogens is 354 g/mol. The Hall–Kier alpha value is -2.01. The minimum atomic E-state index is -0.458. The van der Waals surface area contributed by atoms with E-state index in [4.69, 9.17) is 14.2 Å². The number of nitrogens with zero attached hydrogens (tertiary/aromatic N) is 1. The Labute approximate surface area is 168 Å². The molecule has 0 spiro atoms. The largest absolute Gasteiger partial charge is 0.493 e. The van der Waals surface area contributed by atoms with Gasteiger partial charge in [0.15, 0.2) is 11.5 Å². The van der Waals surface area contributed by atoms with Crippen molar-refractivity contribution in [1.82, 2.24) is 4.90 Å². The molecular formula is C23H33NO4. The number of likely N-dealkylation sites (tertiary alicyclic amines) is 1. The van der Waals surface area contributed by atoms with Gasteiger partial charge in [-0.15, -0.1) is 0 Å². The van der Waals surface area contributed by atoms with Gasteiger partial charge in [-0.3, -0.25) is 9.69 Å². The quantitative estimate of drug-likeness (QED) is 0.681. The molecule has 0 saturated carbocycles. The summed E-state index contributed by atoms with van der Waals surface area (Å²) in [7, 11) is 5.47. The molecule has 154 valence electrons. The van der Waals surface area contributed by atoms with E-state index in [0.717, 1.165) is 49.5 Å². The number of rotatable bonds is 6. The van der Waals surface area contributed by atoms with Gasteiger partial charge in [0, 0.05) is 17.9 Å². The minimum absolute atomic E-state index is 0.00445. The molecule has 0 amide bonds. The van der Waals surface area contributed by atoms with Crippen molar-refractivity contribution >= 4 is 5.97 Å². The fraction of sp³-hybridized carbons (Fsp3) is 0.609. The molecule has 0 aromatic heterocycles. The maximum Gasteiger partial charge on any atom is 0.316 e. The molecule has 0 N–H and O–H groups in total. The van der Waals surface area contributed by atoms with Crippen LogP contribution in [0.4, 0.5) is 0 Å². The molecule has 2 atom stereocenters. The summed E-state index contributed by atoms with van der Waals surface area (Å²) in [5.41, 5.74) is 0.806. The lowest BCUT2D eigenvalue weighted by Gasteiger charge is -2.40. The summed E-state index contributed by atoms with van der Waals surface area (Å²) in [5, 5.41) is 0. The number of likely N-dealkylation sites (N-methyl/N-ethyl adjacent to an activating group) is 1. The van der Waals surface area contributed by atoms with Crippen LogP contribution in [0.25, 0.3) is 0 Å². The molecule has 5 nitrogen and oxygen atoms in total. The Balaban J connectivity index is 1.91. The van der Waals surface area contributed by atoms with Gasteiger partial charge in [-0.1, -0.05) is 13.0 Å².